The number of sulfonamides is 1. The molecule has 5 nitrogen and oxygen atoms in total. The summed E-state index contributed by atoms with van der Waals surface area (Å²) in [5, 5.41) is 0. The molecule has 0 aliphatic carbocycles. The molecule has 0 bridgehead atoms. The summed E-state index contributed by atoms with van der Waals surface area (Å²) in [6.45, 7) is 2.94. The number of nitrogens with zero attached hydrogens (tertiary/aromatic N) is 2. The lowest BCUT2D eigenvalue weighted by Crippen LogP contribution is -2.44. The summed E-state index contributed by atoms with van der Waals surface area (Å²) >= 11 is 0. The Morgan fingerprint density at radius 3 is 2.35 bits per heavy atom. The van der Waals surface area contributed by atoms with Gasteiger partial charge in [-0.25, -0.2) is 8.42 Å². The summed E-state index contributed by atoms with van der Waals surface area (Å²) in [6, 6.07) is 5.43. The molecule has 112 valence electrons. The lowest BCUT2D eigenvalue weighted by molar-refractivity contribution is 0.196. The van der Waals surface area contributed by atoms with Crippen LogP contribution in [0.4, 0.5) is 5.69 Å². The van der Waals surface area contributed by atoms with Crippen molar-refractivity contribution in [1.29, 1.82) is 0 Å². The van der Waals surface area contributed by atoms with E-state index in [1.54, 1.807) is 29.4 Å². The summed E-state index contributed by atoms with van der Waals surface area (Å²) in [5.74, 6) is 0. The number of hydrogen-bond donors (Lipinski definition) is 1. The number of anilines is 1. The van der Waals surface area contributed by atoms with Crippen molar-refractivity contribution in [3.8, 4) is 0 Å². The quantitative estimate of drug-likeness (QED) is 0.854. The first-order valence-corrected chi connectivity index (χ1v) is 8.29. The molecule has 0 radical (unpaired) electrons. The first-order chi connectivity index (χ1) is 9.32. The van der Waals surface area contributed by atoms with Crippen LogP contribution in [-0.2, 0) is 10.0 Å². The minimum Gasteiger partial charge on any atom is -0.399 e. The minimum absolute atomic E-state index is 0.370. The van der Waals surface area contributed by atoms with Gasteiger partial charge in [0.1, 0.15) is 0 Å². The molecule has 0 amide bonds. The highest BCUT2D eigenvalue weighted by molar-refractivity contribution is 7.89. The molecule has 0 spiro atoms. The number of benzene rings is 1. The van der Waals surface area contributed by atoms with Crippen molar-refractivity contribution < 1.29 is 8.42 Å². The van der Waals surface area contributed by atoms with Gasteiger partial charge in [-0.05, 0) is 57.6 Å². The van der Waals surface area contributed by atoms with Gasteiger partial charge in [-0.3, -0.25) is 0 Å². The topological polar surface area (TPSA) is 66.6 Å². The van der Waals surface area contributed by atoms with Crippen LogP contribution < -0.4 is 5.73 Å². The van der Waals surface area contributed by atoms with E-state index in [4.69, 9.17) is 5.73 Å². The van der Waals surface area contributed by atoms with Crippen LogP contribution in [0, 0.1) is 6.92 Å². The van der Waals surface area contributed by atoms with Gasteiger partial charge in [-0.2, -0.15) is 4.31 Å². The van der Waals surface area contributed by atoms with E-state index in [-0.39, 0.29) is 0 Å². The Kier molecular flexibility index (Phi) is 4.36. The number of rotatable bonds is 3. The van der Waals surface area contributed by atoms with Crippen molar-refractivity contribution in [2.75, 3.05) is 32.9 Å². The van der Waals surface area contributed by atoms with E-state index in [9.17, 15) is 8.42 Å². The van der Waals surface area contributed by atoms with Crippen molar-refractivity contribution in [3.05, 3.63) is 23.8 Å². The standard InChI is InChI=1S/C14H23N3O2S/c1-11-10-12(15)4-5-14(11)20(18,19)17-8-6-13(7-9-17)16(2)3/h4-5,10,13H,6-9,15H2,1-3H3. The maximum Gasteiger partial charge on any atom is 0.243 e. The summed E-state index contributed by atoms with van der Waals surface area (Å²) in [4.78, 5) is 2.54. The Labute approximate surface area is 121 Å². The van der Waals surface area contributed by atoms with E-state index in [2.05, 4.69) is 4.90 Å². The first kappa shape index (κ1) is 15.3. The van der Waals surface area contributed by atoms with Gasteiger partial charge in [-0.1, -0.05) is 0 Å². The third-order valence-corrected chi connectivity index (χ3v) is 6.03. The fraction of sp³-hybridized carbons (Fsp3) is 0.571. The Morgan fingerprint density at radius 1 is 1.25 bits per heavy atom. The van der Waals surface area contributed by atoms with E-state index in [0.717, 1.165) is 12.8 Å². The van der Waals surface area contributed by atoms with E-state index in [0.29, 0.717) is 35.3 Å². The van der Waals surface area contributed by atoms with Crippen molar-refractivity contribution in [2.45, 2.75) is 30.7 Å². The number of aryl methyl sites for hydroxylation is 1. The summed E-state index contributed by atoms with van der Waals surface area (Å²) in [6.07, 6.45) is 1.75. The van der Waals surface area contributed by atoms with Crippen molar-refractivity contribution >= 4 is 15.7 Å². The molecule has 20 heavy (non-hydrogen) atoms. The molecule has 1 aliphatic heterocycles. The fourth-order valence-corrected chi connectivity index (χ4v) is 4.38. The predicted octanol–water partition coefficient (Wildman–Crippen LogP) is 1.29. The van der Waals surface area contributed by atoms with Crippen LogP contribution in [-0.4, -0.2) is 50.8 Å². The van der Waals surface area contributed by atoms with Gasteiger partial charge in [0.2, 0.25) is 10.0 Å². The maximum atomic E-state index is 12.7. The Morgan fingerprint density at radius 2 is 1.85 bits per heavy atom. The minimum atomic E-state index is -3.40. The third kappa shape index (κ3) is 2.97. The van der Waals surface area contributed by atoms with Crippen LogP contribution in [0.1, 0.15) is 18.4 Å². The Hall–Kier alpha value is -1.11. The van der Waals surface area contributed by atoms with Crippen molar-refractivity contribution in [1.82, 2.24) is 9.21 Å². The lowest BCUT2D eigenvalue weighted by atomic mass is 10.1. The highest BCUT2D eigenvalue weighted by Gasteiger charge is 2.30. The second-order valence-electron chi connectivity index (χ2n) is 5.62. The molecule has 1 aromatic rings. The molecule has 0 atom stereocenters. The van der Waals surface area contributed by atoms with Crippen molar-refractivity contribution in [2.24, 2.45) is 0 Å². The second kappa shape index (κ2) is 5.71. The zero-order valence-electron chi connectivity index (χ0n) is 12.3. The molecule has 1 saturated heterocycles. The van der Waals surface area contributed by atoms with Crippen LogP contribution in [0.15, 0.2) is 23.1 Å². The Balaban J connectivity index is 2.20. The van der Waals surface area contributed by atoms with Crippen LogP contribution in [0.5, 0.6) is 0 Å². The summed E-state index contributed by atoms with van der Waals surface area (Å²) in [5.41, 5.74) is 6.99. The van der Waals surface area contributed by atoms with E-state index in [1.807, 2.05) is 14.1 Å². The van der Waals surface area contributed by atoms with Crippen LogP contribution in [0.2, 0.25) is 0 Å². The highest BCUT2D eigenvalue weighted by Crippen LogP contribution is 2.25. The lowest BCUT2D eigenvalue weighted by Gasteiger charge is -2.34. The van der Waals surface area contributed by atoms with Crippen LogP contribution in [0.25, 0.3) is 0 Å². The van der Waals surface area contributed by atoms with E-state index < -0.39 is 10.0 Å². The zero-order valence-corrected chi connectivity index (χ0v) is 13.2. The Bertz CT molecular complexity index is 576. The van der Waals surface area contributed by atoms with Gasteiger partial charge in [0.05, 0.1) is 4.90 Å². The van der Waals surface area contributed by atoms with Gasteiger partial charge in [0.15, 0.2) is 0 Å². The third-order valence-electron chi connectivity index (χ3n) is 3.97. The fourth-order valence-electron chi connectivity index (χ4n) is 2.70. The smallest absolute Gasteiger partial charge is 0.243 e. The molecule has 0 aromatic heterocycles. The van der Waals surface area contributed by atoms with Crippen molar-refractivity contribution in [3.63, 3.8) is 0 Å². The normalized spacial score (nSPS) is 18.6. The molecule has 0 unspecified atom stereocenters. The second-order valence-corrected chi connectivity index (χ2v) is 7.53. The largest absolute Gasteiger partial charge is 0.399 e. The molecule has 2 N–H and O–H groups in total. The van der Waals surface area contributed by atoms with Crippen LogP contribution >= 0.6 is 0 Å². The van der Waals surface area contributed by atoms with Gasteiger partial charge >= 0.3 is 0 Å². The molecule has 2 rings (SSSR count). The SMILES string of the molecule is Cc1cc(N)ccc1S(=O)(=O)N1CCC(N(C)C)CC1. The zero-order chi connectivity index (χ0) is 14.9. The van der Waals surface area contributed by atoms with Gasteiger partial charge in [0.25, 0.3) is 0 Å². The predicted molar refractivity (Wildman–Crippen MR) is 81.1 cm³/mol. The molecule has 0 saturated carbocycles. The summed E-state index contributed by atoms with van der Waals surface area (Å²) < 4.78 is 26.9. The average Bonchev–Trinajstić information content (AvgIpc) is 2.38. The molecule has 1 aliphatic rings. The molecule has 1 aromatic carbocycles. The summed E-state index contributed by atoms with van der Waals surface area (Å²) in [7, 11) is 0.682. The molecule has 1 heterocycles. The number of hydrogen-bond acceptors (Lipinski definition) is 4. The van der Waals surface area contributed by atoms with Crippen LogP contribution in [0.3, 0.4) is 0 Å². The number of nitrogen functional groups attached to an aromatic ring is 1. The van der Waals surface area contributed by atoms with Gasteiger partial charge < -0.3 is 10.6 Å². The molecule has 1 fully saturated rings. The molecule has 6 heteroatoms. The van der Waals surface area contributed by atoms with E-state index in [1.165, 1.54) is 0 Å². The average molecular weight is 297 g/mol. The highest BCUT2D eigenvalue weighted by atomic mass is 32.2. The number of nitrogens with two attached hydrogens (primary N) is 1. The first-order valence-electron chi connectivity index (χ1n) is 6.85. The molecular formula is C14H23N3O2S. The monoisotopic (exact) mass is 297 g/mol. The maximum absolute atomic E-state index is 12.7. The molecular weight excluding hydrogens is 274 g/mol. The van der Waals surface area contributed by atoms with Gasteiger partial charge in [-0.15, -0.1) is 0 Å². The van der Waals surface area contributed by atoms with E-state index >= 15 is 0 Å². The van der Waals surface area contributed by atoms with Gasteiger partial charge in [0, 0.05) is 24.8 Å². The number of piperidine rings is 1.